The fraction of sp³-hybridized carbons (Fsp3) is 0.600. The van der Waals surface area contributed by atoms with Crippen LogP contribution < -0.4 is 0 Å². The minimum absolute atomic E-state index is 0.241. The third-order valence-electron chi connectivity index (χ3n) is 3.55. The zero-order valence-electron chi connectivity index (χ0n) is 11.9. The van der Waals surface area contributed by atoms with E-state index in [9.17, 15) is 5.11 Å². The maximum atomic E-state index is 10.3. The Hall–Kier alpha value is -0.320. The summed E-state index contributed by atoms with van der Waals surface area (Å²) in [6.07, 6.45) is 0.533. The van der Waals surface area contributed by atoms with Gasteiger partial charge in [0.1, 0.15) is 0 Å². The first kappa shape index (κ1) is 16.1. The first-order chi connectivity index (χ1) is 9.47. The number of hydrogen-bond donors (Lipinski definition) is 1. The van der Waals surface area contributed by atoms with Gasteiger partial charge in [-0.15, -0.1) is 0 Å². The first-order valence-corrected chi connectivity index (χ1v) is 7.72. The molecule has 112 valence electrons. The van der Waals surface area contributed by atoms with E-state index in [4.69, 9.17) is 27.9 Å². The lowest BCUT2D eigenvalue weighted by Gasteiger charge is -2.35. The molecule has 1 heterocycles. The molecule has 1 aromatic carbocycles. The van der Waals surface area contributed by atoms with Crippen molar-refractivity contribution in [2.24, 2.45) is 0 Å². The highest BCUT2D eigenvalue weighted by Crippen LogP contribution is 2.31. The summed E-state index contributed by atoms with van der Waals surface area (Å²) in [7, 11) is 0. The fourth-order valence-electron chi connectivity index (χ4n) is 2.71. The largest absolute Gasteiger partial charge is 0.388 e. The molecule has 0 bridgehead atoms. The Bertz CT molecular complexity index is 445. The molecular formula is C15H21Cl2NO2. The summed E-state index contributed by atoms with van der Waals surface area (Å²) in [5, 5.41) is 11.2. The smallest absolute Gasteiger partial charge is 0.0817 e. The van der Waals surface area contributed by atoms with Crippen LogP contribution >= 0.6 is 23.2 Å². The molecule has 20 heavy (non-hydrogen) atoms. The summed E-state index contributed by atoms with van der Waals surface area (Å²) >= 11 is 12.1. The second-order valence-electron chi connectivity index (χ2n) is 5.46. The van der Waals surface area contributed by atoms with Crippen LogP contribution in [0, 0.1) is 0 Å². The van der Waals surface area contributed by atoms with E-state index in [1.807, 2.05) is 12.1 Å². The average molecular weight is 318 g/mol. The highest BCUT2D eigenvalue weighted by Gasteiger charge is 2.23. The van der Waals surface area contributed by atoms with Crippen molar-refractivity contribution in [3.8, 4) is 0 Å². The minimum atomic E-state index is -0.588. The minimum Gasteiger partial charge on any atom is -0.388 e. The average Bonchev–Trinajstić information content (AvgIpc) is 2.38. The Morgan fingerprint density at radius 1 is 1.30 bits per heavy atom. The van der Waals surface area contributed by atoms with Crippen LogP contribution in [0.3, 0.4) is 0 Å². The molecule has 0 saturated carbocycles. The second kappa shape index (κ2) is 7.10. The van der Waals surface area contributed by atoms with Crippen LogP contribution in [-0.2, 0) is 4.74 Å². The molecule has 2 rings (SSSR count). The highest BCUT2D eigenvalue weighted by atomic mass is 35.5. The monoisotopic (exact) mass is 317 g/mol. The van der Waals surface area contributed by atoms with E-state index >= 15 is 0 Å². The van der Waals surface area contributed by atoms with Gasteiger partial charge in [0.2, 0.25) is 0 Å². The van der Waals surface area contributed by atoms with Gasteiger partial charge < -0.3 is 9.84 Å². The zero-order valence-corrected chi connectivity index (χ0v) is 13.4. The third kappa shape index (κ3) is 4.09. The summed E-state index contributed by atoms with van der Waals surface area (Å²) in [4.78, 5) is 2.32. The molecule has 5 heteroatoms. The van der Waals surface area contributed by atoms with Gasteiger partial charge in [0.05, 0.1) is 28.4 Å². The standard InChI is InChI=1S/C15H21Cl2NO2/c1-10-8-18(9-11(2)20-10)7-6-14(19)12-4-3-5-13(16)15(12)17/h3-5,10-11,14,19H,6-9H2,1-2H3. The Balaban J connectivity index is 1.91. The second-order valence-corrected chi connectivity index (χ2v) is 6.25. The van der Waals surface area contributed by atoms with Crippen molar-refractivity contribution in [3.63, 3.8) is 0 Å². The lowest BCUT2D eigenvalue weighted by atomic mass is 10.1. The van der Waals surface area contributed by atoms with Crippen LogP contribution in [0.4, 0.5) is 0 Å². The van der Waals surface area contributed by atoms with E-state index in [0.717, 1.165) is 19.6 Å². The Labute approximate surface area is 130 Å². The summed E-state index contributed by atoms with van der Waals surface area (Å²) in [6.45, 7) is 6.78. The van der Waals surface area contributed by atoms with E-state index in [0.29, 0.717) is 22.0 Å². The van der Waals surface area contributed by atoms with Gasteiger partial charge >= 0.3 is 0 Å². The molecule has 0 spiro atoms. The number of nitrogens with zero attached hydrogens (tertiary/aromatic N) is 1. The van der Waals surface area contributed by atoms with E-state index in [2.05, 4.69) is 18.7 Å². The number of ether oxygens (including phenoxy) is 1. The van der Waals surface area contributed by atoms with Crippen LogP contribution in [-0.4, -0.2) is 41.8 Å². The molecule has 3 unspecified atom stereocenters. The van der Waals surface area contributed by atoms with Gasteiger partial charge in [-0.05, 0) is 26.3 Å². The maximum absolute atomic E-state index is 10.3. The Morgan fingerprint density at radius 3 is 2.60 bits per heavy atom. The van der Waals surface area contributed by atoms with E-state index in [1.165, 1.54) is 0 Å². The number of rotatable bonds is 4. The van der Waals surface area contributed by atoms with Crippen LogP contribution in [0.1, 0.15) is 31.9 Å². The summed E-state index contributed by atoms with van der Waals surface area (Å²) in [6, 6.07) is 5.36. The fourth-order valence-corrected chi connectivity index (χ4v) is 3.14. The molecule has 0 amide bonds. The molecule has 3 atom stereocenters. The predicted octanol–water partition coefficient (Wildman–Crippen LogP) is 3.53. The third-order valence-corrected chi connectivity index (χ3v) is 4.39. The van der Waals surface area contributed by atoms with Crippen molar-refractivity contribution in [2.75, 3.05) is 19.6 Å². The lowest BCUT2D eigenvalue weighted by molar-refractivity contribution is -0.0702. The molecule has 1 aliphatic heterocycles. The molecule has 0 radical (unpaired) electrons. The van der Waals surface area contributed by atoms with E-state index < -0.39 is 6.10 Å². The van der Waals surface area contributed by atoms with Gasteiger partial charge in [-0.1, -0.05) is 35.3 Å². The van der Waals surface area contributed by atoms with Crippen molar-refractivity contribution in [2.45, 2.75) is 38.6 Å². The van der Waals surface area contributed by atoms with Gasteiger partial charge in [0.15, 0.2) is 0 Å². The molecule has 0 aromatic heterocycles. The molecule has 1 fully saturated rings. The van der Waals surface area contributed by atoms with Gasteiger partial charge in [-0.2, -0.15) is 0 Å². The summed E-state index contributed by atoms with van der Waals surface area (Å²) in [5.41, 5.74) is 0.702. The van der Waals surface area contributed by atoms with E-state index in [1.54, 1.807) is 6.07 Å². The van der Waals surface area contributed by atoms with Crippen molar-refractivity contribution >= 4 is 23.2 Å². The van der Waals surface area contributed by atoms with E-state index in [-0.39, 0.29) is 12.2 Å². The number of halogens is 2. The normalized spacial score (nSPS) is 25.6. The van der Waals surface area contributed by atoms with Gasteiger partial charge in [0, 0.05) is 25.2 Å². The molecule has 1 saturated heterocycles. The summed E-state index contributed by atoms with van der Waals surface area (Å²) in [5.74, 6) is 0. The Morgan fingerprint density at radius 2 is 1.95 bits per heavy atom. The van der Waals surface area contributed by atoms with Gasteiger partial charge in [-0.25, -0.2) is 0 Å². The van der Waals surface area contributed by atoms with Crippen LogP contribution in [0.2, 0.25) is 10.0 Å². The Kier molecular flexibility index (Phi) is 5.70. The van der Waals surface area contributed by atoms with Crippen molar-refractivity contribution in [1.29, 1.82) is 0 Å². The lowest BCUT2D eigenvalue weighted by Crippen LogP contribution is -2.45. The van der Waals surface area contributed by atoms with Crippen LogP contribution in [0.25, 0.3) is 0 Å². The van der Waals surface area contributed by atoms with Crippen LogP contribution in [0.15, 0.2) is 18.2 Å². The number of aliphatic hydroxyl groups excluding tert-OH is 1. The molecule has 1 N–H and O–H groups in total. The zero-order chi connectivity index (χ0) is 14.7. The van der Waals surface area contributed by atoms with Gasteiger partial charge in [-0.3, -0.25) is 4.90 Å². The van der Waals surface area contributed by atoms with Gasteiger partial charge in [0.25, 0.3) is 0 Å². The highest BCUT2D eigenvalue weighted by molar-refractivity contribution is 6.42. The first-order valence-electron chi connectivity index (χ1n) is 6.97. The summed E-state index contributed by atoms with van der Waals surface area (Å²) < 4.78 is 5.70. The predicted molar refractivity (Wildman–Crippen MR) is 82.5 cm³/mol. The number of morpholine rings is 1. The number of hydrogen-bond acceptors (Lipinski definition) is 3. The maximum Gasteiger partial charge on any atom is 0.0817 e. The number of aliphatic hydroxyl groups is 1. The topological polar surface area (TPSA) is 32.7 Å². The molecular weight excluding hydrogens is 297 g/mol. The SMILES string of the molecule is CC1CN(CCC(O)c2cccc(Cl)c2Cl)CC(C)O1. The van der Waals surface area contributed by atoms with Crippen molar-refractivity contribution in [1.82, 2.24) is 4.90 Å². The molecule has 3 nitrogen and oxygen atoms in total. The van der Waals surface area contributed by atoms with Crippen molar-refractivity contribution in [3.05, 3.63) is 33.8 Å². The number of benzene rings is 1. The molecule has 1 aliphatic rings. The molecule has 1 aromatic rings. The quantitative estimate of drug-likeness (QED) is 0.922. The molecule has 0 aliphatic carbocycles. The van der Waals surface area contributed by atoms with Crippen molar-refractivity contribution < 1.29 is 9.84 Å². The van der Waals surface area contributed by atoms with Crippen LogP contribution in [0.5, 0.6) is 0 Å².